The monoisotopic (exact) mass is 475 g/mol. The lowest BCUT2D eigenvalue weighted by atomic mass is 9.93. The lowest BCUT2D eigenvalue weighted by Crippen LogP contribution is -2.31. The molecule has 0 saturated heterocycles. The number of aromatic nitrogens is 2. The van der Waals surface area contributed by atoms with Crippen LogP contribution < -0.4 is 5.32 Å². The quantitative estimate of drug-likeness (QED) is 0.313. The zero-order valence-electron chi connectivity index (χ0n) is 20.1. The Morgan fingerprint density at radius 2 is 1.69 bits per heavy atom. The van der Waals surface area contributed by atoms with E-state index in [4.69, 9.17) is 4.42 Å². The smallest absolute Gasteiger partial charge is 0.228 e. The van der Waals surface area contributed by atoms with Crippen LogP contribution in [-0.4, -0.2) is 21.7 Å². The number of nitrogens with zero attached hydrogens (tertiary/aromatic N) is 2. The summed E-state index contributed by atoms with van der Waals surface area (Å²) in [7, 11) is 0. The number of fused-ring (bicyclic) bond motifs is 1. The molecule has 2 aromatic carbocycles. The van der Waals surface area contributed by atoms with Crippen molar-refractivity contribution in [3.8, 4) is 0 Å². The van der Waals surface area contributed by atoms with Gasteiger partial charge in [-0.3, -0.25) is 14.6 Å². The molecular formula is C30H25N3O3. The first-order chi connectivity index (χ1) is 17.5. The number of furan rings is 1. The number of hydrogen-bond acceptors (Lipinski definition) is 5. The van der Waals surface area contributed by atoms with Crippen LogP contribution in [0.25, 0.3) is 11.1 Å². The number of benzene rings is 2. The molecule has 5 rings (SSSR count). The lowest BCUT2D eigenvalue weighted by molar-refractivity contribution is -0.121. The summed E-state index contributed by atoms with van der Waals surface area (Å²) in [5.41, 5.74) is 6.47. The van der Waals surface area contributed by atoms with Crippen molar-refractivity contribution in [2.75, 3.05) is 0 Å². The van der Waals surface area contributed by atoms with Gasteiger partial charge in [-0.05, 0) is 54.8 Å². The average molecular weight is 476 g/mol. The minimum absolute atomic E-state index is 0.100. The van der Waals surface area contributed by atoms with E-state index in [1.165, 1.54) is 5.56 Å². The van der Waals surface area contributed by atoms with Gasteiger partial charge in [0, 0.05) is 24.0 Å². The Labute approximate surface area is 209 Å². The topological polar surface area (TPSA) is 85.1 Å². The first kappa shape index (κ1) is 23.2. The summed E-state index contributed by atoms with van der Waals surface area (Å²) in [6.45, 7) is 4.12. The van der Waals surface area contributed by atoms with Gasteiger partial charge in [-0.2, -0.15) is 0 Å². The van der Waals surface area contributed by atoms with Crippen molar-refractivity contribution in [3.63, 3.8) is 0 Å². The highest BCUT2D eigenvalue weighted by Gasteiger charge is 2.20. The largest absolute Gasteiger partial charge is 0.451 e. The second-order valence-corrected chi connectivity index (χ2v) is 8.81. The second kappa shape index (κ2) is 9.96. The van der Waals surface area contributed by atoms with Crippen LogP contribution in [0.15, 0.2) is 95.7 Å². The van der Waals surface area contributed by atoms with Crippen molar-refractivity contribution >= 4 is 22.8 Å². The highest BCUT2D eigenvalue weighted by atomic mass is 16.3. The van der Waals surface area contributed by atoms with Gasteiger partial charge in [0.05, 0.1) is 18.2 Å². The molecule has 1 unspecified atom stereocenters. The van der Waals surface area contributed by atoms with Crippen LogP contribution in [0.3, 0.4) is 0 Å². The maximum atomic E-state index is 13.1. The van der Waals surface area contributed by atoms with Gasteiger partial charge >= 0.3 is 0 Å². The number of pyridine rings is 2. The molecule has 0 fully saturated rings. The van der Waals surface area contributed by atoms with E-state index < -0.39 is 0 Å². The van der Waals surface area contributed by atoms with Crippen molar-refractivity contribution in [2.45, 2.75) is 26.3 Å². The highest BCUT2D eigenvalue weighted by Crippen LogP contribution is 2.26. The number of nitrogens with one attached hydrogen (secondary N) is 1. The first-order valence-electron chi connectivity index (χ1n) is 11.7. The molecule has 3 aromatic heterocycles. The molecule has 6 heteroatoms. The van der Waals surface area contributed by atoms with Crippen molar-refractivity contribution in [1.29, 1.82) is 0 Å². The Morgan fingerprint density at radius 3 is 2.44 bits per heavy atom. The highest BCUT2D eigenvalue weighted by molar-refractivity contribution is 6.08. The van der Waals surface area contributed by atoms with E-state index in [0.717, 1.165) is 16.7 Å². The Kier molecular flexibility index (Phi) is 6.41. The van der Waals surface area contributed by atoms with Crippen molar-refractivity contribution in [2.24, 2.45) is 0 Å². The van der Waals surface area contributed by atoms with E-state index >= 15 is 0 Å². The minimum atomic E-state index is -0.276. The number of carbonyl (C=O) groups is 2. The minimum Gasteiger partial charge on any atom is -0.451 e. The maximum Gasteiger partial charge on any atom is 0.228 e. The van der Waals surface area contributed by atoms with E-state index in [2.05, 4.69) is 47.3 Å². The van der Waals surface area contributed by atoms with E-state index in [-0.39, 0.29) is 29.9 Å². The molecule has 178 valence electrons. The zero-order chi connectivity index (χ0) is 25.1. The third-order valence-electron chi connectivity index (χ3n) is 6.11. The Morgan fingerprint density at radius 1 is 0.917 bits per heavy atom. The number of hydrogen-bond donors (Lipinski definition) is 1. The Bertz CT molecular complexity index is 1540. The molecule has 1 amide bonds. The Balaban J connectivity index is 1.37. The zero-order valence-corrected chi connectivity index (χ0v) is 20.1. The lowest BCUT2D eigenvalue weighted by Gasteiger charge is -2.22. The third kappa shape index (κ3) is 4.93. The summed E-state index contributed by atoms with van der Waals surface area (Å²) in [6, 6.07) is 24.3. The molecular weight excluding hydrogens is 450 g/mol. The van der Waals surface area contributed by atoms with Crippen LogP contribution in [0.5, 0.6) is 0 Å². The van der Waals surface area contributed by atoms with Gasteiger partial charge in [0.25, 0.3) is 0 Å². The fraction of sp³-hybridized carbons (Fsp3) is 0.133. The van der Waals surface area contributed by atoms with Crippen molar-refractivity contribution in [1.82, 2.24) is 15.3 Å². The van der Waals surface area contributed by atoms with Gasteiger partial charge in [0.1, 0.15) is 5.52 Å². The number of carbonyl (C=O) groups excluding carboxylic acids is 2. The van der Waals surface area contributed by atoms with E-state index in [9.17, 15) is 9.59 Å². The van der Waals surface area contributed by atoms with E-state index in [0.29, 0.717) is 22.4 Å². The summed E-state index contributed by atoms with van der Waals surface area (Å²) in [4.78, 5) is 34.4. The van der Waals surface area contributed by atoms with Gasteiger partial charge in [0.15, 0.2) is 11.3 Å². The van der Waals surface area contributed by atoms with Gasteiger partial charge in [0.2, 0.25) is 11.7 Å². The summed E-state index contributed by atoms with van der Waals surface area (Å²) in [6.07, 6.45) is 3.22. The van der Waals surface area contributed by atoms with E-state index in [1.807, 2.05) is 30.3 Å². The summed E-state index contributed by atoms with van der Waals surface area (Å²) in [5, 5.41) is 3.19. The van der Waals surface area contributed by atoms with Crippen molar-refractivity contribution in [3.05, 3.63) is 131 Å². The van der Waals surface area contributed by atoms with E-state index in [1.54, 1.807) is 42.7 Å². The van der Waals surface area contributed by atoms with Crippen LogP contribution in [0.1, 0.15) is 50.1 Å². The molecule has 0 radical (unpaired) electrons. The standard InChI is InChI=1S/C30H25N3O3/c1-19-8-10-24(20(2)16-19)29(21-6-4-3-5-7-21)33-28(34)17-23-9-11-26-25(32-23)18-27(36-26)30(35)22-12-14-31-15-13-22/h3-16,18,29H,17H2,1-2H3,(H,33,34). The molecule has 0 saturated carbocycles. The van der Waals surface area contributed by atoms with Gasteiger partial charge < -0.3 is 9.73 Å². The van der Waals surface area contributed by atoms with Crippen LogP contribution in [0.4, 0.5) is 0 Å². The van der Waals surface area contributed by atoms with Crippen LogP contribution in [0, 0.1) is 13.8 Å². The van der Waals surface area contributed by atoms with Gasteiger partial charge in [-0.15, -0.1) is 0 Å². The Hall–Kier alpha value is -4.58. The number of amides is 1. The molecule has 0 aliphatic rings. The molecule has 0 aliphatic carbocycles. The molecule has 0 spiro atoms. The van der Waals surface area contributed by atoms with Gasteiger partial charge in [-0.1, -0.05) is 54.1 Å². The first-order valence-corrected chi connectivity index (χ1v) is 11.7. The van der Waals surface area contributed by atoms with Gasteiger partial charge in [-0.25, -0.2) is 4.98 Å². The van der Waals surface area contributed by atoms with Crippen LogP contribution in [0.2, 0.25) is 0 Å². The SMILES string of the molecule is Cc1ccc(C(NC(=O)Cc2ccc3oc(C(=O)c4ccncc4)cc3n2)c2ccccc2)c(C)c1. The normalized spacial score (nSPS) is 11.8. The summed E-state index contributed by atoms with van der Waals surface area (Å²) in [5.74, 6) is -0.189. The van der Waals surface area contributed by atoms with Crippen LogP contribution >= 0.6 is 0 Å². The van der Waals surface area contributed by atoms with Crippen molar-refractivity contribution < 1.29 is 14.0 Å². The molecule has 1 N–H and O–H groups in total. The number of ketones is 1. The average Bonchev–Trinajstić information content (AvgIpc) is 3.32. The molecule has 0 aliphatic heterocycles. The molecule has 0 bridgehead atoms. The maximum absolute atomic E-state index is 13.1. The number of aryl methyl sites for hydroxylation is 2. The molecule has 1 atom stereocenters. The van der Waals surface area contributed by atoms with Crippen LogP contribution in [-0.2, 0) is 11.2 Å². The molecule has 3 heterocycles. The predicted molar refractivity (Wildman–Crippen MR) is 138 cm³/mol. The predicted octanol–water partition coefficient (Wildman–Crippen LogP) is 5.52. The second-order valence-electron chi connectivity index (χ2n) is 8.81. The summed E-state index contributed by atoms with van der Waals surface area (Å²) >= 11 is 0. The number of rotatable bonds is 7. The molecule has 6 nitrogen and oxygen atoms in total. The summed E-state index contributed by atoms with van der Waals surface area (Å²) < 4.78 is 5.71. The molecule has 5 aromatic rings. The fourth-order valence-corrected chi connectivity index (χ4v) is 4.33. The fourth-order valence-electron chi connectivity index (χ4n) is 4.33. The molecule has 36 heavy (non-hydrogen) atoms. The third-order valence-corrected chi connectivity index (χ3v) is 6.11.